The molecule has 0 aliphatic carbocycles. The quantitative estimate of drug-likeness (QED) is 0.831. The highest BCUT2D eigenvalue weighted by molar-refractivity contribution is 6.18. The summed E-state index contributed by atoms with van der Waals surface area (Å²) in [5.41, 5.74) is 1.95. The molecule has 0 bridgehead atoms. The Morgan fingerprint density at radius 1 is 1.11 bits per heavy atom. The first-order valence-electron chi connectivity index (χ1n) is 6.60. The zero-order chi connectivity index (χ0) is 14.7. The van der Waals surface area contributed by atoms with Gasteiger partial charge in [0.15, 0.2) is 0 Å². The molecule has 1 N–H and O–H groups in total. The van der Waals surface area contributed by atoms with Gasteiger partial charge in [-0.2, -0.15) is 0 Å². The van der Waals surface area contributed by atoms with E-state index in [9.17, 15) is 4.79 Å². The van der Waals surface area contributed by atoms with Crippen molar-refractivity contribution < 1.29 is 4.79 Å². The SMILES string of the molecule is CC(C)(CCl)CNC(=O)c1ccc(C(C)(C)C)cc1. The van der Waals surface area contributed by atoms with Crippen molar-refractivity contribution in [2.45, 2.75) is 40.0 Å². The molecule has 0 heterocycles. The van der Waals surface area contributed by atoms with Gasteiger partial charge in [-0.15, -0.1) is 11.6 Å². The Balaban J connectivity index is 2.69. The van der Waals surface area contributed by atoms with Gasteiger partial charge in [0.05, 0.1) is 0 Å². The number of carbonyl (C=O) groups is 1. The highest BCUT2D eigenvalue weighted by Gasteiger charge is 2.18. The number of halogens is 1. The Morgan fingerprint density at radius 2 is 1.63 bits per heavy atom. The first kappa shape index (κ1) is 16.0. The zero-order valence-corrected chi connectivity index (χ0v) is 13.3. The van der Waals surface area contributed by atoms with E-state index in [0.717, 1.165) is 0 Å². The monoisotopic (exact) mass is 281 g/mol. The second kappa shape index (κ2) is 5.96. The Morgan fingerprint density at radius 3 is 2.05 bits per heavy atom. The fourth-order valence-corrected chi connectivity index (χ4v) is 1.68. The number of alkyl halides is 1. The Kier molecular flexibility index (Phi) is 5.03. The van der Waals surface area contributed by atoms with E-state index >= 15 is 0 Å². The second-order valence-electron chi connectivity index (χ2n) is 6.81. The summed E-state index contributed by atoms with van der Waals surface area (Å²) in [7, 11) is 0. The largest absolute Gasteiger partial charge is 0.351 e. The lowest BCUT2D eigenvalue weighted by atomic mass is 9.86. The van der Waals surface area contributed by atoms with Crippen molar-refractivity contribution in [2.24, 2.45) is 5.41 Å². The molecule has 0 fully saturated rings. The molecule has 1 aromatic rings. The van der Waals surface area contributed by atoms with Crippen molar-refractivity contribution in [3.63, 3.8) is 0 Å². The summed E-state index contributed by atoms with van der Waals surface area (Å²) >= 11 is 5.84. The number of amides is 1. The van der Waals surface area contributed by atoms with Gasteiger partial charge in [-0.1, -0.05) is 46.8 Å². The Hall–Kier alpha value is -1.02. The van der Waals surface area contributed by atoms with E-state index in [-0.39, 0.29) is 16.7 Å². The van der Waals surface area contributed by atoms with Crippen molar-refractivity contribution in [1.29, 1.82) is 0 Å². The van der Waals surface area contributed by atoms with Gasteiger partial charge in [-0.25, -0.2) is 0 Å². The van der Waals surface area contributed by atoms with E-state index in [1.165, 1.54) is 5.56 Å². The smallest absolute Gasteiger partial charge is 0.251 e. The van der Waals surface area contributed by atoms with Gasteiger partial charge in [-0.05, 0) is 28.5 Å². The number of nitrogens with one attached hydrogen (secondary N) is 1. The summed E-state index contributed by atoms with van der Waals surface area (Å²) in [6, 6.07) is 7.79. The van der Waals surface area contributed by atoms with Gasteiger partial charge in [-0.3, -0.25) is 4.79 Å². The molecule has 0 saturated carbocycles. The molecule has 1 aromatic carbocycles. The minimum absolute atomic E-state index is 0.0429. The average Bonchev–Trinajstić information content (AvgIpc) is 2.35. The summed E-state index contributed by atoms with van der Waals surface area (Å²) in [4.78, 5) is 12.0. The molecular formula is C16H24ClNO. The number of hydrogen-bond acceptors (Lipinski definition) is 1. The number of hydrogen-bond donors (Lipinski definition) is 1. The van der Waals surface area contributed by atoms with E-state index in [4.69, 9.17) is 11.6 Å². The molecule has 0 saturated heterocycles. The first-order chi connectivity index (χ1) is 8.65. The molecule has 106 valence electrons. The van der Waals surface area contributed by atoms with E-state index < -0.39 is 0 Å². The predicted octanol–water partition coefficient (Wildman–Crippen LogP) is 3.98. The minimum atomic E-state index is -0.0808. The van der Waals surface area contributed by atoms with Gasteiger partial charge in [0.2, 0.25) is 0 Å². The normalized spacial score (nSPS) is 12.3. The molecule has 0 atom stereocenters. The van der Waals surface area contributed by atoms with Gasteiger partial charge in [0.25, 0.3) is 5.91 Å². The van der Waals surface area contributed by atoms with Gasteiger partial charge in [0, 0.05) is 18.0 Å². The molecule has 0 unspecified atom stereocenters. The molecule has 1 amide bonds. The van der Waals surface area contributed by atoms with Crippen LogP contribution in [0.1, 0.15) is 50.5 Å². The van der Waals surface area contributed by atoms with Gasteiger partial charge >= 0.3 is 0 Å². The van der Waals surface area contributed by atoms with Crippen molar-refractivity contribution in [1.82, 2.24) is 5.32 Å². The van der Waals surface area contributed by atoms with Crippen LogP contribution in [0.25, 0.3) is 0 Å². The maximum absolute atomic E-state index is 12.0. The number of rotatable bonds is 4. The van der Waals surface area contributed by atoms with Crippen LogP contribution >= 0.6 is 11.6 Å². The summed E-state index contributed by atoms with van der Waals surface area (Å²) in [6.45, 7) is 11.1. The fraction of sp³-hybridized carbons (Fsp3) is 0.562. The van der Waals surface area contributed by atoms with E-state index in [2.05, 4.69) is 26.1 Å². The lowest BCUT2D eigenvalue weighted by molar-refractivity contribution is 0.0940. The van der Waals surface area contributed by atoms with Gasteiger partial charge < -0.3 is 5.32 Å². The summed E-state index contributed by atoms with van der Waals surface area (Å²) in [5.74, 6) is 0.481. The molecule has 0 radical (unpaired) electrons. The van der Waals surface area contributed by atoms with Crippen LogP contribution in [0.4, 0.5) is 0 Å². The highest BCUT2D eigenvalue weighted by Crippen LogP contribution is 2.22. The number of carbonyl (C=O) groups excluding carboxylic acids is 1. The third kappa shape index (κ3) is 4.87. The summed E-state index contributed by atoms with van der Waals surface area (Å²) < 4.78 is 0. The lowest BCUT2D eigenvalue weighted by Crippen LogP contribution is -2.35. The molecule has 19 heavy (non-hydrogen) atoms. The van der Waals surface area contributed by atoms with Gasteiger partial charge in [0.1, 0.15) is 0 Å². The number of benzene rings is 1. The van der Waals surface area contributed by atoms with Crippen LogP contribution in [0.2, 0.25) is 0 Å². The van der Waals surface area contributed by atoms with Crippen LogP contribution in [-0.4, -0.2) is 18.3 Å². The van der Waals surface area contributed by atoms with Crippen molar-refractivity contribution in [3.05, 3.63) is 35.4 Å². The maximum Gasteiger partial charge on any atom is 0.251 e. The Labute approximate surface area is 121 Å². The first-order valence-corrected chi connectivity index (χ1v) is 7.14. The maximum atomic E-state index is 12.0. The molecule has 0 aliphatic rings. The third-order valence-corrected chi connectivity index (χ3v) is 3.83. The molecule has 2 nitrogen and oxygen atoms in total. The molecule has 0 aliphatic heterocycles. The standard InChI is InChI=1S/C16H24ClNO/c1-15(2,3)13-8-6-12(7-9-13)14(19)18-11-16(4,5)10-17/h6-9H,10-11H2,1-5H3,(H,18,19). The van der Waals surface area contributed by atoms with Crippen LogP contribution in [0.15, 0.2) is 24.3 Å². The molecule has 0 spiro atoms. The average molecular weight is 282 g/mol. The molecular weight excluding hydrogens is 258 g/mol. The van der Waals surface area contributed by atoms with Crippen molar-refractivity contribution >= 4 is 17.5 Å². The highest BCUT2D eigenvalue weighted by atomic mass is 35.5. The van der Waals surface area contributed by atoms with Crippen LogP contribution in [0.5, 0.6) is 0 Å². The topological polar surface area (TPSA) is 29.1 Å². The molecule has 0 aromatic heterocycles. The second-order valence-corrected chi connectivity index (χ2v) is 7.08. The summed E-state index contributed by atoms with van der Waals surface area (Å²) in [5, 5.41) is 2.92. The van der Waals surface area contributed by atoms with Crippen LogP contribution in [-0.2, 0) is 5.41 Å². The molecule has 3 heteroatoms. The summed E-state index contributed by atoms with van der Waals surface area (Å²) in [6.07, 6.45) is 0. The third-order valence-electron chi connectivity index (χ3n) is 3.10. The van der Waals surface area contributed by atoms with Crippen molar-refractivity contribution in [2.75, 3.05) is 12.4 Å². The van der Waals surface area contributed by atoms with Crippen LogP contribution < -0.4 is 5.32 Å². The Bertz CT molecular complexity index is 429. The molecule has 1 rings (SSSR count). The van der Waals surface area contributed by atoms with E-state index in [1.54, 1.807) is 0 Å². The van der Waals surface area contributed by atoms with E-state index in [1.807, 2.05) is 38.1 Å². The zero-order valence-electron chi connectivity index (χ0n) is 12.5. The fourth-order valence-electron chi connectivity index (χ4n) is 1.59. The van der Waals surface area contributed by atoms with Crippen molar-refractivity contribution in [3.8, 4) is 0 Å². The van der Waals surface area contributed by atoms with Crippen LogP contribution in [0, 0.1) is 5.41 Å². The lowest BCUT2D eigenvalue weighted by Gasteiger charge is -2.22. The minimum Gasteiger partial charge on any atom is -0.351 e. The van der Waals surface area contributed by atoms with E-state index in [0.29, 0.717) is 18.0 Å². The predicted molar refractivity (Wildman–Crippen MR) is 82.0 cm³/mol. The van der Waals surface area contributed by atoms with Crippen LogP contribution in [0.3, 0.4) is 0 Å².